The van der Waals surface area contributed by atoms with E-state index in [4.69, 9.17) is 13.9 Å². The molecule has 150 valence electrons. The van der Waals surface area contributed by atoms with Gasteiger partial charge >= 0.3 is 0 Å². The number of nitrogens with zero attached hydrogens (tertiary/aromatic N) is 2. The van der Waals surface area contributed by atoms with Crippen molar-refractivity contribution in [3.63, 3.8) is 0 Å². The summed E-state index contributed by atoms with van der Waals surface area (Å²) in [6.07, 6.45) is 1.61. The molecule has 1 amide bonds. The maximum absolute atomic E-state index is 13.5. The van der Waals surface area contributed by atoms with Gasteiger partial charge in [-0.1, -0.05) is 24.3 Å². The molecule has 5 rings (SSSR count). The number of carbonyl (C=O) groups excluding carboxylic acids is 1. The summed E-state index contributed by atoms with van der Waals surface area (Å²) in [7, 11) is 3.06. The van der Waals surface area contributed by atoms with E-state index in [9.17, 15) is 9.59 Å². The number of hydrogen-bond acceptors (Lipinski definition) is 7. The van der Waals surface area contributed by atoms with Gasteiger partial charge in [-0.3, -0.25) is 14.5 Å². The molecule has 4 aromatic rings. The zero-order chi connectivity index (χ0) is 20.8. The molecule has 1 atom stereocenters. The van der Waals surface area contributed by atoms with E-state index in [0.717, 1.165) is 0 Å². The van der Waals surface area contributed by atoms with Crippen LogP contribution in [0.15, 0.2) is 63.3 Å². The summed E-state index contributed by atoms with van der Waals surface area (Å²) in [6, 6.07) is 11.5. The summed E-state index contributed by atoms with van der Waals surface area (Å²) in [6.45, 7) is 0. The first-order valence-corrected chi connectivity index (χ1v) is 10.0. The largest absolute Gasteiger partial charge is 0.493 e. The summed E-state index contributed by atoms with van der Waals surface area (Å²) in [5, 5.41) is 2.65. The summed E-state index contributed by atoms with van der Waals surface area (Å²) in [5.41, 5.74) is 0.989. The quantitative estimate of drug-likeness (QED) is 0.496. The van der Waals surface area contributed by atoms with Gasteiger partial charge in [0.2, 0.25) is 5.76 Å². The SMILES string of the molecule is COc1cccc([C@@H]2c3c(oc4ccccc4c3=O)C(=O)N2c2nccs2)c1OC. The molecule has 0 spiro atoms. The number of para-hydroxylation sites is 2. The minimum atomic E-state index is -0.760. The van der Waals surface area contributed by atoms with Gasteiger partial charge in [0.15, 0.2) is 22.1 Å². The summed E-state index contributed by atoms with van der Waals surface area (Å²) in [5.74, 6) is 0.543. The lowest BCUT2D eigenvalue weighted by Crippen LogP contribution is -2.29. The van der Waals surface area contributed by atoms with Crippen LogP contribution in [0.1, 0.15) is 27.7 Å². The standard InChI is InChI=1S/C22H16N2O5S/c1-27-15-9-5-7-13(19(15)28-2)17-16-18(25)12-6-3-4-8-14(12)29-20(16)21(26)24(17)22-23-10-11-30-22/h3-11,17H,1-2H3/t17-/m1/s1. The van der Waals surface area contributed by atoms with Gasteiger partial charge < -0.3 is 13.9 Å². The number of aromatic nitrogens is 1. The van der Waals surface area contributed by atoms with Crippen molar-refractivity contribution >= 4 is 33.3 Å². The molecule has 0 radical (unpaired) electrons. The number of methoxy groups -OCH3 is 2. The Balaban J connectivity index is 1.86. The summed E-state index contributed by atoms with van der Waals surface area (Å²) < 4.78 is 17.0. The molecule has 0 aliphatic carbocycles. The minimum absolute atomic E-state index is 0.0174. The molecule has 7 nitrogen and oxygen atoms in total. The molecule has 0 fully saturated rings. The monoisotopic (exact) mass is 420 g/mol. The fourth-order valence-electron chi connectivity index (χ4n) is 3.87. The Labute approximate surface area is 175 Å². The van der Waals surface area contributed by atoms with Crippen LogP contribution in [0.2, 0.25) is 0 Å². The third-order valence-electron chi connectivity index (χ3n) is 5.13. The molecular weight excluding hydrogens is 404 g/mol. The Morgan fingerprint density at radius 2 is 1.90 bits per heavy atom. The van der Waals surface area contributed by atoms with Crippen LogP contribution < -0.4 is 19.8 Å². The topological polar surface area (TPSA) is 81.9 Å². The third-order valence-corrected chi connectivity index (χ3v) is 5.90. The smallest absolute Gasteiger partial charge is 0.297 e. The number of hydrogen-bond donors (Lipinski definition) is 0. The van der Waals surface area contributed by atoms with Crippen LogP contribution in [0.3, 0.4) is 0 Å². The first-order valence-electron chi connectivity index (χ1n) is 9.15. The van der Waals surface area contributed by atoms with E-state index >= 15 is 0 Å². The van der Waals surface area contributed by atoms with Crippen molar-refractivity contribution in [1.82, 2.24) is 4.98 Å². The zero-order valence-corrected chi connectivity index (χ0v) is 16.9. The highest BCUT2D eigenvalue weighted by molar-refractivity contribution is 7.13. The van der Waals surface area contributed by atoms with Gasteiger partial charge in [-0.15, -0.1) is 11.3 Å². The molecule has 0 unspecified atom stereocenters. The fraction of sp³-hybridized carbons (Fsp3) is 0.136. The van der Waals surface area contributed by atoms with Crippen LogP contribution in [0.5, 0.6) is 11.5 Å². The predicted octanol–water partition coefficient (Wildman–Crippen LogP) is 4.02. The predicted molar refractivity (Wildman–Crippen MR) is 113 cm³/mol. The molecule has 3 heterocycles. The number of fused-ring (bicyclic) bond motifs is 2. The maximum atomic E-state index is 13.5. The third kappa shape index (κ3) is 2.54. The highest BCUT2D eigenvalue weighted by Crippen LogP contribution is 2.46. The number of amides is 1. The number of carbonyl (C=O) groups is 1. The van der Waals surface area contributed by atoms with Crippen molar-refractivity contribution in [2.75, 3.05) is 19.1 Å². The molecule has 8 heteroatoms. The first kappa shape index (κ1) is 18.4. The average molecular weight is 420 g/mol. The Morgan fingerprint density at radius 1 is 1.07 bits per heavy atom. The second kappa shape index (κ2) is 7.00. The van der Waals surface area contributed by atoms with E-state index in [0.29, 0.717) is 33.2 Å². The number of rotatable bonds is 4. The minimum Gasteiger partial charge on any atom is -0.493 e. The van der Waals surface area contributed by atoms with Crippen LogP contribution in [0.25, 0.3) is 11.0 Å². The fourth-order valence-corrected chi connectivity index (χ4v) is 4.54. The molecule has 1 aliphatic rings. The lowest BCUT2D eigenvalue weighted by atomic mass is 9.97. The molecule has 2 aromatic heterocycles. The van der Waals surface area contributed by atoms with Crippen LogP contribution in [0.4, 0.5) is 5.13 Å². The lowest BCUT2D eigenvalue weighted by Gasteiger charge is -2.24. The van der Waals surface area contributed by atoms with Crippen LogP contribution in [-0.4, -0.2) is 25.1 Å². The number of anilines is 1. The second-order valence-corrected chi connectivity index (χ2v) is 7.52. The molecule has 2 aromatic carbocycles. The molecular formula is C22H16N2O5S. The van der Waals surface area contributed by atoms with Gasteiger partial charge in [0.1, 0.15) is 11.6 Å². The molecule has 0 N–H and O–H groups in total. The van der Waals surface area contributed by atoms with Crippen LogP contribution in [-0.2, 0) is 0 Å². The van der Waals surface area contributed by atoms with E-state index in [1.165, 1.54) is 30.5 Å². The molecule has 0 saturated carbocycles. The number of thiazole rings is 1. The van der Waals surface area contributed by atoms with E-state index in [1.807, 2.05) is 6.07 Å². The molecule has 30 heavy (non-hydrogen) atoms. The van der Waals surface area contributed by atoms with E-state index in [2.05, 4.69) is 4.98 Å². The van der Waals surface area contributed by atoms with Crippen molar-refractivity contribution in [1.29, 1.82) is 0 Å². The summed E-state index contributed by atoms with van der Waals surface area (Å²) >= 11 is 1.30. The Kier molecular flexibility index (Phi) is 4.29. The Morgan fingerprint density at radius 3 is 2.63 bits per heavy atom. The average Bonchev–Trinajstić information content (AvgIpc) is 3.40. The van der Waals surface area contributed by atoms with Gasteiger partial charge in [-0.2, -0.15) is 0 Å². The maximum Gasteiger partial charge on any atom is 0.297 e. The van der Waals surface area contributed by atoms with Crippen LogP contribution in [0, 0.1) is 0 Å². The van der Waals surface area contributed by atoms with Crippen molar-refractivity contribution < 1.29 is 18.7 Å². The molecule has 1 aliphatic heterocycles. The number of benzene rings is 2. The van der Waals surface area contributed by atoms with Crippen molar-refractivity contribution in [2.45, 2.75) is 6.04 Å². The van der Waals surface area contributed by atoms with Crippen molar-refractivity contribution in [3.8, 4) is 11.5 Å². The molecule has 0 bridgehead atoms. The summed E-state index contributed by atoms with van der Waals surface area (Å²) in [4.78, 5) is 32.7. The first-order chi connectivity index (χ1) is 14.7. The van der Waals surface area contributed by atoms with E-state index < -0.39 is 11.9 Å². The molecule has 0 saturated heterocycles. The zero-order valence-electron chi connectivity index (χ0n) is 16.1. The second-order valence-electron chi connectivity index (χ2n) is 6.65. The van der Waals surface area contributed by atoms with Gasteiger partial charge in [0.25, 0.3) is 5.91 Å². The van der Waals surface area contributed by atoms with Crippen molar-refractivity contribution in [2.24, 2.45) is 0 Å². The van der Waals surface area contributed by atoms with Crippen LogP contribution >= 0.6 is 11.3 Å². The van der Waals surface area contributed by atoms with E-state index in [-0.39, 0.29) is 16.8 Å². The lowest BCUT2D eigenvalue weighted by molar-refractivity contribution is 0.0970. The van der Waals surface area contributed by atoms with Gasteiger partial charge in [0.05, 0.1) is 25.2 Å². The number of ether oxygens (including phenoxy) is 2. The Hall–Kier alpha value is -3.65. The Bertz CT molecular complexity index is 1330. The van der Waals surface area contributed by atoms with Gasteiger partial charge in [0, 0.05) is 17.1 Å². The van der Waals surface area contributed by atoms with Gasteiger partial charge in [-0.05, 0) is 18.2 Å². The normalized spacial score (nSPS) is 15.5. The van der Waals surface area contributed by atoms with Gasteiger partial charge in [-0.25, -0.2) is 4.98 Å². The van der Waals surface area contributed by atoms with E-state index in [1.54, 1.807) is 48.0 Å². The highest BCUT2D eigenvalue weighted by atomic mass is 32.1. The highest BCUT2D eigenvalue weighted by Gasteiger charge is 2.46. The van der Waals surface area contributed by atoms with Crippen molar-refractivity contribution in [3.05, 3.63) is 81.2 Å².